The van der Waals surface area contributed by atoms with Gasteiger partial charge in [-0.3, -0.25) is 9.59 Å². The Labute approximate surface area is 169 Å². The zero-order valence-electron chi connectivity index (χ0n) is 16.4. The maximum absolute atomic E-state index is 15.9. The van der Waals surface area contributed by atoms with E-state index >= 15 is 8.78 Å². The summed E-state index contributed by atoms with van der Waals surface area (Å²) in [4.78, 5) is 23.0. The lowest BCUT2D eigenvalue weighted by Crippen LogP contribution is -2.66. The topological polar surface area (TPSA) is 54.4 Å². The maximum Gasteiger partial charge on any atom is 0.178 e. The molecule has 6 heteroatoms. The number of carbonyl (C=O) groups excluding carboxylic acids is 2. The first-order valence-corrected chi connectivity index (χ1v) is 10.4. The molecule has 4 aliphatic carbocycles. The van der Waals surface area contributed by atoms with Crippen molar-refractivity contribution < 1.29 is 23.5 Å². The quantitative estimate of drug-likeness (QED) is 0.698. The van der Waals surface area contributed by atoms with Crippen LogP contribution in [0.1, 0.15) is 40.0 Å². The van der Waals surface area contributed by atoms with E-state index in [1.807, 2.05) is 13.8 Å². The van der Waals surface area contributed by atoms with Gasteiger partial charge < -0.3 is 5.11 Å². The maximum atomic E-state index is 15.9. The van der Waals surface area contributed by atoms with Crippen LogP contribution in [0.5, 0.6) is 0 Å². The van der Waals surface area contributed by atoms with E-state index in [0.29, 0.717) is 6.42 Å². The minimum atomic E-state index is -1.46. The van der Waals surface area contributed by atoms with E-state index in [9.17, 15) is 14.7 Å². The zero-order chi connectivity index (χ0) is 20.6. The van der Waals surface area contributed by atoms with Gasteiger partial charge in [-0.15, -0.1) is 11.6 Å². The second-order valence-corrected chi connectivity index (χ2v) is 10.3. The van der Waals surface area contributed by atoms with Crippen molar-refractivity contribution in [1.29, 1.82) is 0 Å². The van der Waals surface area contributed by atoms with Crippen molar-refractivity contribution in [3.8, 4) is 0 Å². The normalized spacial score (nSPS) is 52.5. The molecule has 1 N–H and O–H groups in total. The molecule has 0 aromatic heterocycles. The molecular weight excluding hydrogens is 386 g/mol. The fraction of sp³-hybridized carbons (Fsp3) is 0.727. The molecule has 9 atom stereocenters. The highest BCUT2D eigenvalue weighted by Crippen LogP contribution is 2.71. The fourth-order valence-corrected chi connectivity index (χ4v) is 7.78. The molecule has 4 rings (SSSR count). The van der Waals surface area contributed by atoms with Gasteiger partial charge in [-0.1, -0.05) is 26.8 Å². The summed E-state index contributed by atoms with van der Waals surface area (Å²) in [5.74, 6) is -1.62. The highest BCUT2D eigenvalue weighted by molar-refractivity contribution is 6.26. The van der Waals surface area contributed by atoms with Crippen LogP contribution in [0.15, 0.2) is 23.8 Å². The molecule has 3 fully saturated rings. The molecular formula is C22H27ClF2O3. The van der Waals surface area contributed by atoms with Crippen LogP contribution in [0.4, 0.5) is 8.78 Å². The highest BCUT2D eigenvalue weighted by Gasteiger charge is 2.72. The summed E-state index contributed by atoms with van der Waals surface area (Å²) in [5, 5.41) is 9.45. The first kappa shape index (κ1) is 20.2. The number of halogens is 3. The van der Waals surface area contributed by atoms with Gasteiger partial charge in [0.1, 0.15) is 19.0 Å². The van der Waals surface area contributed by atoms with Gasteiger partial charge in [-0.05, 0) is 60.2 Å². The van der Waals surface area contributed by atoms with Crippen LogP contribution in [-0.2, 0) is 9.59 Å². The summed E-state index contributed by atoms with van der Waals surface area (Å²) in [6.07, 6.45) is 2.20. The third-order valence-electron chi connectivity index (χ3n) is 8.43. The van der Waals surface area contributed by atoms with Gasteiger partial charge in [0.05, 0.1) is 4.87 Å². The number of Topliss-reactive ketones (excluding diaryl/α,β-unsaturated/α-hetero) is 1. The van der Waals surface area contributed by atoms with Gasteiger partial charge in [-0.2, -0.15) is 0 Å². The molecule has 0 amide bonds. The SMILES string of the molecule is C[C@@H]1C[C@H]2[C@@H]3C[C@H](F)C4=CC(=O)C=C[C@]4(C)C3(Cl)[C@@H](F)C[C@]2(C)[C@H]1C(=O)CO. The van der Waals surface area contributed by atoms with Gasteiger partial charge in [0.2, 0.25) is 0 Å². The van der Waals surface area contributed by atoms with Crippen LogP contribution in [0.2, 0.25) is 0 Å². The summed E-state index contributed by atoms with van der Waals surface area (Å²) < 4.78 is 31.2. The number of ketones is 2. The van der Waals surface area contributed by atoms with E-state index in [2.05, 4.69) is 0 Å². The molecule has 0 saturated heterocycles. The van der Waals surface area contributed by atoms with Crippen LogP contribution >= 0.6 is 11.6 Å². The number of carbonyl (C=O) groups is 2. The van der Waals surface area contributed by atoms with Crippen molar-refractivity contribution >= 4 is 23.2 Å². The molecule has 0 aliphatic heterocycles. The number of fused-ring (bicyclic) bond motifs is 5. The minimum Gasteiger partial charge on any atom is -0.389 e. The van der Waals surface area contributed by atoms with Crippen molar-refractivity contribution in [2.75, 3.05) is 6.61 Å². The molecule has 0 bridgehead atoms. The Balaban J connectivity index is 1.84. The molecule has 1 unspecified atom stereocenters. The van der Waals surface area contributed by atoms with Crippen LogP contribution < -0.4 is 0 Å². The Kier molecular flexibility index (Phi) is 4.49. The van der Waals surface area contributed by atoms with Crippen LogP contribution in [0.25, 0.3) is 0 Å². The Bertz CT molecular complexity index is 795. The van der Waals surface area contributed by atoms with Gasteiger partial charge >= 0.3 is 0 Å². The molecule has 3 nitrogen and oxygen atoms in total. The van der Waals surface area contributed by atoms with Gasteiger partial charge in [0.25, 0.3) is 0 Å². The molecule has 0 aromatic rings. The second-order valence-electron chi connectivity index (χ2n) is 9.71. The van der Waals surface area contributed by atoms with Crippen LogP contribution in [0.3, 0.4) is 0 Å². The highest BCUT2D eigenvalue weighted by atomic mass is 35.5. The number of rotatable bonds is 2. The Morgan fingerprint density at radius 3 is 2.61 bits per heavy atom. The number of hydrogen-bond donors (Lipinski definition) is 1. The number of alkyl halides is 3. The molecule has 154 valence electrons. The van der Waals surface area contributed by atoms with Crippen molar-refractivity contribution in [3.63, 3.8) is 0 Å². The number of aliphatic hydroxyl groups excluding tert-OH is 1. The average molecular weight is 413 g/mol. The van der Waals surface area contributed by atoms with E-state index in [0.717, 1.165) is 0 Å². The summed E-state index contributed by atoms with van der Waals surface area (Å²) in [5.41, 5.74) is -1.48. The van der Waals surface area contributed by atoms with Crippen molar-refractivity contribution in [2.24, 2.45) is 34.5 Å². The van der Waals surface area contributed by atoms with E-state index in [1.54, 1.807) is 13.0 Å². The van der Waals surface area contributed by atoms with E-state index in [-0.39, 0.29) is 41.8 Å². The third kappa shape index (κ3) is 2.29. The summed E-state index contributed by atoms with van der Waals surface area (Å²) in [6.45, 7) is 5.03. The first-order valence-electron chi connectivity index (χ1n) is 10.1. The Morgan fingerprint density at radius 1 is 1.29 bits per heavy atom. The van der Waals surface area contributed by atoms with Crippen LogP contribution in [0, 0.1) is 34.5 Å². The number of hydrogen-bond acceptors (Lipinski definition) is 3. The van der Waals surface area contributed by atoms with Crippen LogP contribution in [-0.4, -0.2) is 40.5 Å². The second kappa shape index (κ2) is 6.21. The van der Waals surface area contributed by atoms with E-state index < -0.39 is 46.5 Å². The number of allylic oxidation sites excluding steroid dienone is 4. The fourth-order valence-electron chi connectivity index (χ4n) is 7.29. The molecule has 4 aliphatic rings. The summed E-state index contributed by atoms with van der Waals surface area (Å²) in [6, 6.07) is 0. The molecule has 0 radical (unpaired) electrons. The van der Waals surface area contributed by atoms with Crippen molar-refractivity contribution in [2.45, 2.75) is 57.3 Å². The summed E-state index contributed by atoms with van der Waals surface area (Å²) in [7, 11) is 0. The monoisotopic (exact) mass is 412 g/mol. The molecule has 0 spiro atoms. The van der Waals surface area contributed by atoms with Crippen molar-refractivity contribution in [1.82, 2.24) is 0 Å². The smallest absolute Gasteiger partial charge is 0.178 e. The van der Waals surface area contributed by atoms with E-state index in [1.165, 1.54) is 12.2 Å². The third-order valence-corrected chi connectivity index (χ3v) is 9.34. The largest absolute Gasteiger partial charge is 0.389 e. The Morgan fingerprint density at radius 2 is 1.96 bits per heavy atom. The predicted octanol–water partition coefficient (Wildman–Crippen LogP) is 3.98. The summed E-state index contributed by atoms with van der Waals surface area (Å²) >= 11 is 7.11. The standard InChI is InChI=1S/C22H27ClF2O3/c1-11-6-13-14-8-16(24)15-7-12(27)4-5-21(15,3)22(14,23)18(25)9-20(13,2)19(11)17(28)10-26/h4-5,7,11,13-14,16,18-19,26H,6,8-10H2,1-3H3/t11-,13+,14+,16+,18+,19-,20+,21+,22?/m1/s1. The molecule has 0 heterocycles. The minimum absolute atomic E-state index is 0.0212. The molecule has 3 saturated carbocycles. The molecule has 0 aromatic carbocycles. The first-order chi connectivity index (χ1) is 13.0. The predicted molar refractivity (Wildman–Crippen MR) is 102 cm³/mol. The molecule has 28 heavy (non-hydrogen) atoms. The van der Waals surface area contributed by atoms with Gasteiger partial charge in [0.15, 0.2) is 11.6 Å². The van der Waals surface area contributed by atoms with Crippen molar-refractivity contribution in [3.05, 3.63) is 23.8 Å². The lowest BCUT2D eigenvalue weighted by atomic mass is 9.46. The lowest BCUT2D eigenvalue weighted by Gasteiger charge is -2.63. The lowest BCUT2D eigenvalue weighted by molar-refractivity contribution is -0.136. The zero-order valence-corrected chi connectivity index (χ0v) is 17.2. The van der Waals surface area contributed by atoms with E-state index in [4.69, 9.17) is 11.6 Å². The average Bonchev–Trinajstić information content (AvgIpc) is 2.89. The van der Waals surface area contributed by atoms with Gasteiger partial charge in [-0.25, -0.2) is 8.78 Å². The Hall–Kier alpha value is -1.07. The van der Waals surface area contributed by atoms with Gasteiger partial charge in [0, 0.05) is 11.3 Å². The number of aliphatic hydroxyl groups is 1.